The van der Waals surface area contributed by atoms with Crippen LogP contribution in [-0.4, -0.2) is 23.0 Å². The Kier molecular flexibility index (Phi) is 5.35. The van der Waals surface area contributed by atoms with Crippen molar-refractivity contribution in [3.05, 3.63) is 58.3 Å². The molecular formula is C15H12Cl2N2O3. The molecule has 1 aromatic carbocycles. The van der Waals surface area contributed by atoms with Gasteiger partial charge in [-0.25, -0.2) is 9.78 Å². The summed E-state index contributed by atoms with van der Waals surface area (Å²) in [5.41, 5.74) is 0.517. The summed E-state index contributed by atoms with van der Waals surface area (Å²) in [5.74, 6) is -1.18. The van der Waals surface area contributed by atoms with Crippen molar-refractivity contribution < 1.29 is 14.3 Å². The van der Waals surface area contributed by atoms with Gasteiger partial charge in [0.25, 0.3) is 5.91 Å². The zero-order valence-electron chi connectivity index (χ0n) is 11.5. The number of nitrogens with one attached hydrogen (secondary N) is 1. The maximum Gasteiger partial charge on any atom is 0.357 e. The normalized spacial score (nSPS) is 11.6. The van der Waals surface area contributed by atoms with Crippen LogP contribution in [0.15, 0.2) is 42.6 Å². The highest BCUT2D eigenvalue weighted by Gasteiger charge is 2.20. The number of hydrogen-bond donors (Lipinski definition) is 1. The molecule has 1 amide bonds. The molecule has 0 saturated heterocycles. The quantitative estimate of drug-likeness (QED) is 0.865. The number of pyridine rings is 1. The highest BCUT2D eigenvalue weighted by Crippen LogP contribution is 2.25. The first kappa shape index (κ1) is 16.3. The molecular weight excluding hydrogens is 327 g/mol. The Hall–Kier alpha value is -2.11. The van der Waals surface area contributed by atoms with Crippen LogP contribution in [0.3, 0.4) is 0 Å². The lowest BCUT2D eigenvalue weighted by atomic mass is 10.3. The number of nitrogens with zero attached hydrogens (tertiary/aromatic N) is 1. The minimum atomic E-state index is -0.999. The van der Waals surface area contributed by atoms with E-state index in [9.17, 15) is 9.59 Å². The number of hydrogen-bond acceptors (Lipinski definition) is 4. The lowest BCUT2D eigenvalue weighted by molar-refractivity contribution is -0.123. The van der Waals surface area contributed by atoms with Crippen molar-refractivity contribution in [2.75, 3.05) is 5.32 Å². The third-order valence-electron chi connectivity index (χ3n) is 2.72. The molecule has 2 aromatic rings. The molecule has 0 radical (unpaired) electrons. The Morgan fingerprint density at radius 1 is 1.23 bits per heavy atom. The van der Waals surface area contributed by atoms with Crippen molar-refractivity contribution in [2.45, 2.75) is 13.0 Å². The molecule has 0 aliphatic rings. The van der Waals surface area contributed by atoms with Gasteiger partial charge in [0.05, 0.1) is 10.7 Å². The molecule has 1 N–H and O–H groups in total. The van der Waals surface area contributed by atoms with Gasteiger partial charge in [-0.05, 0) is 37.3 Å². The van der Waals surface area contributed by atoms with Crippen LogP contribution in [0, 0.1) is 0 Å². The van der Waals surface area contributed by atoms with Crippen molar-refractivity contribution in [3.8, 4) is 0 Å². The SMILES string of the molecule is C[C@@H](OC(=O)c1ccccn1)C(=O)Nc1ccc(Cl)cc1Cl. The summed E-state index contributed by atoms with van der Waals surface area (Å²) in [5, 5.41) is 3.32. The second kappa shape index (κ2) is 7.24. The molecule has 5 nitrogen and oxygen atoms in total. The fourth-order valence-electron chi connectivity index (χ4n) is 1.58. The molecule has 1 heterocycles. The number of ether oxygens (including phenoxy) is 1. The number of benzene rings is 1. The summed E-state index contributed by atoms with van der Waals surface area (Å²) < 4.78 is 5.05. The lowest BCUT2D eigenvalue weighted by Gasteiger charge is -2.14. The van der Waals surface area contributed by atoms with E-state index in [2.05, 4.69) is 10.3 Å². The zero-order chi connectivity index (χ0) is 16.1. The highest BCUT2D eigenvalue weighted by atomic mass is 35.5. The van der Waals surface area contributed by atoms with Crippen LogP contribution in [0.25, 0.3) is 0 Å². The molecule has 1 atom stereocenters. The first-order valence-electron chi connectivity index (χ1n) is 6.35. The fourth-order valence-corrected chi connectivity index (χ4v) is 2.04. The van der Waals surface area contributed by atoms with Gasteiger partial charge in [-0.3, -0.25) is 4.79 Å². The standard InChI is InChI=1S/C15H12Cl2N2O3/c1-9(22-15(21)13-4-2-3-7-18-13)14(20)19-12-6-5-10(16)8-11(12)17/h2-9H,1H3,(H,19,20)/t9-/m1/s1. The van der Waals surface area contributed by atoms with E-state index < -0.39 is 18.0 Å². The number of anilines is 1. The Labute approximate surface area is 137 Å². The number of rotatable bonds is 4. The molecule has 2 rings (SSSR count). The van der Waals surface area contributed by atoms with E-state index >= 15 is 0 Å². The minimum absolute atomic E-state index is 0.131. The first-order valence-corrected chi connectivity index (χ1v) is 7.11. The van der Waals surface area contributed by atoms with E-state index in [0.717, 1.165) is 0 Å². The van der Waals surface area contributed by atoms with E-state index in [1.165, 1.54) is 25.3 Å². The van der Waals surface area contributed by atoms with E-state index in [4.69, 9.17) is 27.9 Å². The average Bonchev–Trinajstić information content (AvgIpc) is 2.50. The molecule has 1 aromatic heterocycles. The molecule has 0 saturated carbocycles. The predicted molar refractivity (Wildman–Crippen MR) is 84.2 cm³/mol. The van der Waals surface area contributed by atoms with Crippen LogP contribution in [0.1, 0.15) is 17.4 Å². The Balaban J connectivity index is 1.99. The molecule has 22 heavy (non-hydrogen) atoms. The van der Waals surface area contributed by atoms with Gasteiger partial charge in [0.1, 0.15) is 5.69 Å². The molecule has 0 unspecified atom stereocenters. The van der Waals surface area contributed by atoms with Crippen LogP contribution in [0.5, 0.6) is 0 Å². The molecule has 0 fully saturated rings. The Morgan fingerprint density at radius 2 is 2.00 bits per heavy atom. The Bertz CT molecular complexity index is 692. The molecule has 0 bridgehead atoms. The summed E-state index contributed by atoms with van der Waals surface area (Å²) in [4.78, 5) is 27.7. The van der Waals surface area contributed by atoms with Gasteiger partial charge in [0.15, 0.2) is 6.10 Å². The summed E-state index contributed by atoms with van der Waals surface area (Å²) in [6, 6.07) is 9.49. The van der Waals surface area contributed by atoms with Crippen LogP contribution in [0.2, 0.25) is 10.0 Å². The monoisotopic (exact) mass is 338 g/mol. The average molecular weight is 339 g/mol. The van der Waals surface area contributed by atoms with Crippen LogP contribution in [0.4, 0.5) is 5.69 Å². The van der Waals surface area contributed by atoms with Gasteiger partial charge < -0.3 is 10.1 Å². The first-order chi connectivity index (χ1) is 10.5. The zero-order valence-corrected chi connectivity index (χ0v) is 13.1. The molecule has 0 aliphatic heterocycles. The molecule has 0 aliphatic carbocycles. The topological polar surface area (TPSA) is 68.3 Å². The number of aromatic nitrogens is 1. The van der Waals surface area contributed by atoms with Crippen molar-refractivity contribution in [2.24, 2.45) is 0 Å². The van der Waals surface area contributed by atoms with Gasteiger partial charge >= 0.3 is 5.97 Å². The number of carbonyl (C=O) groups is 2. The van der Waals surface area contributed by atoms with Crippen LogP contribution < -0.4 is 5.32 Å². The predicted octanol–water partition coefficient (Wildman–Crippen LogP) is 3.57. The lowest BCUT2D eigenvalue weighted by Crippen LogP contribution is -2.30. The highest BCUT2D eigenvalue weighted by molar-refractivity contribution is 6.36. The minimum Gasteiger partial charge on any atom is -0.448 e. The van der Waals surface area contributed by atoms with Crippen LogP contribution in [-0.2, 0) is 9.53 Å². The van der Waals surface area contributed by atoms with E-state index in [0.29, 0.717) is 15.7 Å². The maximum atomic E-state index is 12.0. The van der Waals surface area contributed by atoms with Crippen molar-refractivity contribution in [1.29, 1.82) is 0 Å². The van der Waals surface area contributed by atoms with E-state index in [-0.39, 0.29) is 5.69 Å². The number of amides is 1. The van der Waals surface area contributed by atoms with E-state index in [1.54, 1.807) is 24.3 Å². The van der Waals surface area contributed by atoms with Crippen molar-refractivity contribution >= 4 is 40.8 Å². The summed E-state index contributed by atoms with van der Waals surface area (Å²) in [6.45, 7) is 1.46. The van der Waals surface area contributed by atoms with Crippen molar-refractivity contribution in [1.82, 2.24) is 4.98 Å². The van der Waals surface area contributed by atoms with Gasteiger partial charge in [0.2, 0.25) is 0 Å². The third kappa shape index (κ3) is 4.19. The van der Waals surface area contributed by atoms with Gasteiger partial charge in [-0.2, -0.15) is 0 Å². The molecule has 0 spiro atoms. The van der Waals surface area contributed by atoms with Gasteiger partial charge in [-0.15, -0.1) is 0 Å². The smallest absolute Gasteiger partial charge is 0.357 e. The van der Waals surface area contributed by atoms with Gasteiger partial charge in [0, 0.05) is 11.2 Å². The third-order valence-corrected chi connectivity index (χ3v) is 3.26. The molecule has 7 heteroatoms. The summed E-state index contributed by atoms with van der Waals surface area (Å²) in [7, 11) is 0. The largest absolute Gasteiger partial charge is 0.448 e. The van der Waals surface area contributed by atoms with Crippen LogP contribution >= 0.6 is 23.2 Å². The maximum absolute atomic E-state index is 12.0. The number of halogens is 2. The Morgan fingerprint density at radius 3 is 2.64 bits per heavy atom. The summed E-state index contributed by atoms with van der Waals surface area (Å²) in [6.07, 6.45) is 0.468. The second-order valence-electron chi connectivity index (χ2n) is 4.38. The summed E-state index contributed by atoms with van der Waals surface area (Å²) >= 11 is 11.7. The second-order valence-corrected chi connectivity index (χ2v) is 5.22. The van der Waals surface area contributed by atoms with Gasteiger partial charge in [-0.1, -0.05) is 29.3 Å². The number of carbonyl (C=O) groups excluding carboxylic acids is 2. The van der Waals surface area contributed by atoms with Crippen molar-refractivity contribution in [3.63, 3.8) is 0 Å². The van der Waals surface area contributed by atoms with E-state index in [1.807, 2.05) is 0 Å². The molecule has 114 valence electrons. The fraction of sp³-hybridized carbons (Fsp3) is 0.133. The number of esters is 1.